The van der Waals surface area contributed by atoms with Gasteiger partial charge in [0.15, 0.2) is 5.82 Å². The van der Waals surface area contributed by atoms with Crippen molar-refractivity contribution in [3.8, 4) is 0 Å². The first-order chi connectivity index (χ1) is 9.61. The van der Waals surface area contributed by atoms with Crippen LogP contribution in [0, 0.1) is 5.82 Å². The number of hydrogen-bond acceptors (Lipinski definition) is 5. The fourth-order valence-corrected chi connectivity index (χ4v) is 2.48. The van der Waals surface area contributed by atoms with Crippen LogP contribution in [-0.2, 0) is 6.42 Å². The van der Waals surface area contributed by atoms with E-state index in [0.29, 0.717) is 23.5 Å². The molecule has 5 nitrogen and oxygen atoms in total. The maximum absolute atomic E-state index is 12.8. The minimum Gasteiger partial charge on any atom is -0.382 e. The van der Waals surface area contributed by atoms with Gasteiger partial charge in [-0.3, -0.25) is 4.79 Å². The Morgan fingerprint density at radius 1 is 1.40 bits per heavy atom. The molecule has 0 aliphatic rings. The fourth-order valence-electron chi connectivity index (χ4n) is 1.74. The highest BCUT2D eigenvalue weighted by Gasteiger charge is 2.17. The Labute approximate surface area is 120 Å². The minimum absolute atomic E-state index is 0.221. The zero-order chi connectivity index (χ0) is 14.5. The molecule has 0 radical (unpaired) electrons. The van der Waals surface area contributed by atoms with Crippen molar-refractivity contribution in [2.24, 2.45) is 0 Å². The summed E-state index contributed by atoms with van der Waals surface area (Å²) in [6.45, 7) is 0.608. The van der Waals surface area contributed by atoms with Crippen LogP contribution in [0.2, 0.25) is 0 Å². The summed E-state index contributed by atoms with van der Waals surface area (Å²) in [7, 11) is 1.54. The molecule has 1 heterocycles. The predicted octanol–water partition coefficient (Wildman–Crippen LogP) is 1.88. The van der Waals surface area contributed by atoms with Crippen molar-refractivity contribution in [2.45, 2.75) is 6.42 Å². The van der Waals surface area contributed by atoms with Crippen molar-refractivity contribution in [2.75, 3.05) is 24.6 Å². The number of carbonyl (C=O) groups is 1. The Morgan fingerprint density at radius 2 is 2.10 bits per heavy atom. The lowest BCUT2D eigenvalue weighted by molar-refractivity contribution is 0.0965. The van der Waals surface area contributed by atoms with E-state index in [1.807, 2.05) is 0 Å². The van der Waals surface area contributed by atoms with E-state index in [0.717, 1.165) is 17.1 Å². The highest BCUT2D eigenvalue weighted by Crippen LogP contribution is 2.26. The third kappa shape index (κ3) is 3.24. The van der Waals surface area contributed by atoms with Gasteiger partial charge in [-0.2, -0.15) is 4.37 Å². The van der Waals surface area contributed by atoms with Gasteiger partial charge in [-0.15, -0.1) is 0 Å². The van der Waals surface area contributed by atoms with Gasteiger partial charge in [0, 0.05) is 13.6 Å². The van der Waals surface area contributed by atoms with Crippen molar-refractivity contribution < 1.29 is 9.18 Å². The minimum atomic E-state index is -0.263. The van der Waals surface area contributed by atoms with Gasteiger partial charge in [0.2, 0.25) is 0 Å². The van der Waals surface area contributed by atoms with Crippen LogP contribution in [-0.4, -0.2) is 23.9 Å². The second-order valence-corrected chi connectivity index (χ2v) is 4.93. The normalized spacial score (nSPS) is 10.3. The number of rotatable bonds is 5. The SMILES string of the molecule is CNC(=O)c1c(N)nsc1NCCc1ccc(F)cc1. The molecule has 0 aliphatic carbocycles. The quantitative estimate of drug-likeness (QED) is 0.786. The van der Waals surface area contributed by atoms with Crippen molar-refractivity contribution in [1.82, 2.24) is 9.69 Å². The molecular weight excluding hydrogens is 279 g/mol. The maximum atomic E-state index is 12.8. The number of aromatic nitrogens is 1. The Balaban J connectivity index is 1.97. The van der Waals surface area contributed by atoms with E-state index in [2.05, 4.69) is 15.0 Å². The van der Waals surface area contributed by atoms with Crippen molar-refractivity contribution in [1.29, 1.82) is 0 Å². The molecule has 106 valence electrons. The van der Waals surface area contributed by atoms with Crippen LogP contribution in [0.4, 0.5) is 15.2 Å². The standard InChI is InChI=1S/C13H15FN4OS/c1-16-12(19)10-11(15)18-20-13(10)17-7-6-8-2-4-9(14)5-3-8/h2-5,17H,6-7H2,1H3,(H2,15,18)(H,16,19). The topological polar surface area (TPSA) is 80.0 Å². The van der Waals surface area contributed by atoms with Gasteiger partial charge in [0.1, 0.15) is 16.4 Å². The number of anilines is 2. The molecule has 0 unspecified atom stereocenters. The van der Waals surface area contributed by atoms with Crippen molar-refractivity contribution in [3.05, 3.63) is 41.2 Å². The van der Waals surface area contributed by atoms with Gasteiger partial charge in [0.05, 0.1) is 0 Å². The number of nitrogens with zero attached hydrogens (tertiary/aromatic N) is 1. The lowest BCUT2D eigenvalue weighted by Crippen LogP contribution is -2.20. The van der Waals surface area contributed by atoms with Gasteiger partial charge in [-0.1, -0.05) is 12.1 Å². The van der Waals surface area contributed by atoms with Gasteiger partial charge < -0.3 is 16.4 Å². The monoisotopic (exact) mass is 294 g/mol. The number of nitrogen functional groups attached to an aromatic ring is 1. The van der Waals surface area contributed by atoms with E-state index in [1.54, 1.807) is 19.2 Å². The summed E-state index contributed by atoms with van der Waals surface area (Å²) >= 11 is 1.15. The molecule has 2 aromatic rings. The second kappa shape index (κ2) is 6.33. The summed E-state index contributed by atoms with van der Waals surface area (Å²) in [6, 6.07) is 6.32. The summed E-state index contributed by atoms with van der Waals surface area (Å²) in [5, 5.41) is 6.31. The lowest BCUT2D eigenvalue weighted by Gasteiger charge is -2.06. The van der Waals surface area contributed by atoms with Gasteiger partial charge >= 0.3 is 0 Å². The molecule has 1 amide bonds. The molecule has 20 heavy (non-hydrogen) atoms. The number of nitrogens with one attached hydrogen (secondary N) is 2. The Morgan fingerprint density at radius 3 is 2.75 bits per heavy atom. The number of carbonyl (C=O) groups excluding carboxylic acids is 1. The smallest absolute Gasteiger partial charge is 0.257 e. The van der Waals surface area contributed by atoms with Gasteiger partial charge in [-0.25, -0.2) is 4.39 Å². The third-order valence-electron chi connectivity index (χ3n) is 2.79. The van der Waals surface area contributed by atoms with E-state index in [4.69, 9.17) is 5.73 Å². The largest absolute Gasteiger partial charge is 0.382 e. The summed E-state index contributed by atoms with van der Waals surface area (Å²) < 4.78 is 16.7. The molecule has 0 atom stereocenters. The maximum Gasteiger partial charge on any atom is 0.257 e. The van der Waals surface area contributed by atoms with Gasteiger partial charge in [-0.05, 0) is 35.6 Å². The molecule has 0 fully saturated rings. The molecule has 1 aromatic carbocycles. The third-order valence-corrected chi connectivity index (χ3v) is 3.60. The number of hydrogen-bond donors (Lipinski definition) is 3. The molecular formula is C13H15FN4OS. The summed E-state index contributed by atoms with van der Waals surface area (Å²) in [6.07, 6.45) is 0.714. The Hall–Kier alpha value is -2.15. The number of nitrogens with two attached hydrogens (primary N) is 1. The summed E-state index contributed by atoms with van der Waals surface area (Å²) in [4.78, 5) is 11.7. The first-order valence-corrected chi connectivity index (χ1v) is 6.84. The molecule has 0 bridgehead atoms. The Kier molecular flexibility index (Phi) is 4.52. The molecule has 0 saturated heterocycles. The highest BCUT2D eigenvalue weighted by atomic mass is 32.1. The molecule has 0 saturated carbocycles. The van der Waals surface area contributed by atoms with Gasteiger partial charge in [0.25, 0.3) is 5.91 Å². The van der Waals surface area contributed by atoms with Crippen LogP contribution in [0.5, 0.6) is 0 Å². The van der Waals surface area contributed by atoms with E-state index in [9.17, 15) is 9.18 Å². The number of halogens is 1. The Bertz CT molecular complexity index is 597. The second-order valence-electron chi connectivity index (χ2n) is 4.15. The highest BCUT2D eigenvalue weighted by molar-refractivity contribution is 7.11. The average molecular weight is 294 g/mol. The van der Waals surface area contributed by atoms with E-state index in [1.165, 1.54) is 12.1 Å². The molecule has 0 spiro atoms. The lowest BCUT2D eigenvalue weighted by atomic mass is 10.1. The molecule has 0 aliphatic heterocycles. The zero-order valence-corrected chi connectivity index (χ0v) is 11.8. The fraction of sp³-hybridized carbons (Fsp3) is 0.231. The average Bonchev–Trinajstić information content (AvgIpc) is 2.81. The number of amides is 1. The van der Waals surface area contributed by atoms with Crippen molar-refractivity contribution >= 4 is 28.3 Å². The first-order valence-electron chi connectivity index (χ1n) is 6.07. The van der Waals surface area contributed by atoms with Crippen LogP contribution >= 0.6 is 11.5 Å². The molecule has 7 heteroatoms. The van der Waals surface area contributed by atoms with Crippen LogP contribution in [0.25, 0.3) is 0 Å². The first kappa shape index (κ1) is 14.3. The predicted molar refractivity (Wildman–Crippen MR) is 78.5 cm³/mol. The zero-order valence-electron chi connectivity index (χ0n) is 10.9. The van der Waals surface area contributed by atoms with E-state index >= 15 is 0 Å². The van der Waals surface area contributed by atoms with E-state index < -0.39 is 0 Å². The molecule has 2 rings (SSSR count). The van der Waals surface area contributed by atoms with Crippen LogP contribution in [0.3, 0.4) is 0 Å². The molecule has 1 aromatic heterocycles. The summed E-state index contributed by atoms with van der Waals surface area (Å²) in [5.74, 6) is -0.294. The van der Waals surface area contributed by atoms with Crippen LogP contribution in [0.1, 0.15) is 15.9 Å². The van der Waals surface area contributed by atoms with E-state index in [-0.39, 0.29) is 17.5 Å². The summed E-state index contributed by atoms with van der Waals surface area (Å²) in [5.41, 5.74) is 7.06. The van der Waals surface area contributed by atoms with Crippen molar-refractivity contribution in [3.63, 3.8) is 0 Å². The molecule has 4 N–H and O–H groups in total. The van der Waals surface area contributed by atoms with Crippen LogP contribution in [0.15, 0.2) is 24.3 Å². The number of benzene rings is 1. The van der Waals surface area contributed by atoms with Crippen LogP contribution < -0.4 is 16.4 Å².